The smallest absolute Gasteiger partial charge is 0.326 e. The molecule has 7 N–H and O–H groups in total. The lowest BCUT2D eigenvalue weighted by atomic mass is 10.1. The normalized spacial score (nSPS) is 12.7. The molecule has 0 aliphatic heterocycles. The highest BCUT2D eigenvalue weighted by Crippen LogP contribution is 2.02. The highest BCUT2D eigenvalue weighted by atomic mass is 16.4. The first-order valence-electron chi connectivity index (χ1n) is 6.16. The van der Waals surface area contributed by atoms with Gasteiger partial charge in [-0.2, -0.15) is 0 Å². The number of rotatable bonds is 10. The van der Waals surface area contributed by atoms with E-state index in [2.05, 4.69) is 0 Å². The Hall–Kier alpha value is -2.85. The number of hydrogen-bond acceptors (Lipinski definition) is 5. The summed E-state index contributed by atoms with van der Waals surface area (Å²) < 4.78 is 0. The van der Waals surface area contributed by atoms with Crippen molar-refractivity contribution in [2.75, 3.05) is 0 Å². The van der Waals surface area contributed by atoms with Crippen LogP contribution in [-0.2, 0) is 19.2 Å². The summed E-state index contributed by atoms with van der Waals surface area (Å²) in [6.07, 6.45) is -1.60. The Labute approximate surface area is 124 Å². The zero-order valence-electron chi connectivity index (χ0n) is 11.4. The summed E-state index contributed by atoms with van der Waals surface area (Å²) in [7, 11) is 0. The fourth-order valence-electron chi connectivity index (χ4n) is 1.51. The van der Waals surface area contributed by atoms with Gasteiger partial charge >= 0.3 is 23.9 Å². The van der Waals surface area contributed by atoms with Gasteiger partial charge in [0.25, 0.3) is 0 Å². The maximum Gasteiger partial charge on any atom is 0.326 e. The number of amides is 3. The number of nitrogens with two attached hydrogens (primary N) is 1. The molecule has 0 aliphatic carbocycles. The molecule has 11 nitrogen and oxygen atoms in total. The van der Waals surface area contributed by atoms with Gasteiger partial charge in [0.1, 0.15) is 12.1 Å². The van der Waals surface area contributed by atoms with Crippen molar-refractivity contribution in [2.45, 2.75) is 37.8 Å². The maximum absolute atomic E-state index is 11.9. The molecular formula is C11H17N3O8. The molecular weight excluding hydrogens is 302 g/mol. The number of carbonyl (C=O) groups is 5. The Morgan fingerprint density at radius 2 is 1.27 bits per heavy atom. The summed E-state index contributed by atoms with van der Waals surface area (Å²) in [6, 6.07) is -3.89. The first kappa shape index (κ1) is 19.1. The molecule has 0 aromatic rings. The van der Waals surface area contributed by atoms with Crippen LogP contribution in [0.5, 0.6) is 0 Å². The molecule has 0 saturated heterocycles. The van der Waals surface area contributed by atoms with E-state index in [4.69, 9.17) is 21.1 Å². The molecule has 0 radical (unpaired) electrons. The number of hydrogen-bond donors (Lipinski definition) is 6. The number of carbonyl (C=O) groups excluding carboxylic acids is 2. The lowest BCUT2D eigenvalue weighted by Crippen LogP contribution is -2.52. The van der Waals surface area contributed by atoms with Gasteiger partial charge in [0.2, 0.25) is 5.91 Å². The van der Waals surface area contributed by atoms with Crippen LogP contribution in [0.25, 0.3) is 0 Å². The molecule has 0 spiro atoms. The summed E-state index contributed by atoms with van der Waals surface area (Å²) in [5, 5.41) is 30.0. The van der Waals surface area contributed by atoms with Crippen LogP contribution in [0, 0.1) is 0 Å². The maximum atomic E-state index is 11.9. The Morgan fingerprint density at radius 1 is 0.818 bits per heavy atom. The summed E-state index contributed by atoms with van der Waals surface area (Å²) in [5.41, 5.74) is 4.86. The number of primary amides is 1. The van der Waals surface area contributed by atoms with E-state index in [-0.39, 0.29) is 12.8 Å². The average Bonchev–Trinajstić information content (AvgIpc) is 2.37. The van der Waals surface area contributed by atoms with Crippen molar-refractivity contribution >= 4 is 29.8 Å². The number of urea groups is 1. The molecule has 0 fully saturated rings. The van der Waals surface area contributed by atoms with E-state index >= 15 is 0 Å². The molecule has 0 aliphatic rings. The Morgan fingerprint density at radius 3 is 1.64 bits per heavy atom. The third kappa shape index (κ3) is 8.35. The third-order valence-corrected chi connectivity index (χ3v) is 2.54. The van der Waals surface area contributed by atoms with Gasteiger partial charge in [0.05, 0.1) is 0 Å². The van der Waals surface area contributed by atoms with Gasteiger partial charge in [-0.1, -0.05) is 0 Å². The number of carboxylic acids is 3. The van der Waals surface area contributed by atoms with Crippen molar-refractivity contribution in [3.63, 3.8) is 0 Å². The average molecular weight is 319 g/mol. The monoisotopic (exact) mass is 319 g/mol. The third-order valence-electron chi connectivity index (χ3n) is 2.54. The summed E-state index contributed by atoms with van der Waals surface area (Å²) in [6.45, 7) is 0. The van der Waals surface area contributed by atoms with E-state index in [1.165, 1.54) is 0 Å². The van der Waals surface area contributed by atoms with Gasteiger partial charge in [-0.3, -0.25) is 14.4 Å². The quantitative estimate of drug-likeness (QED) is 0.274. The Balaban J connectivity index is 4.79. The van der Waals surface area contributed by atoms with Crippen LogP contribution in [0.4, 0.5) is 4.79 Å². The summed E-state index contributed by atoms with van der Waals surface area (Å²) >= 11 is 0. The lowest BCUT2D eigenvalue weighted by Gasteiger charge is -2.20. The molecule has 22 heavy (non-hydrogen) atoms. The fraction of sp³-hybridized carbons (Fsp3) is 0.545. The zero-order chi connectivity index (χ0) is 17.3. The van der Waals surface area contributed by atoms with Gasteiger partial charge in [-0.25, -0.2) is 9.59 Å². The van der Waals surface area contributed by atoms with Crippen LogP contribution in [0.3, 0.4) is 0 Å². The van der Waals surface area contributed by atoms with Crippen LogP contribution in [-0.4, -0.2) is 57.2 Å². The van der Waals surface area contributed by atoms with E-state index in [9.17, 15) is 24.0 Å². The minimum atomic E-state index is -1.48. The predicted molar refractivity (Wildman–Crippen MR) is 69.8 cm³/mol. The molecule has 124 valence electrons. The minimum Gasteiger partial charge on any atom is -0.481 e. The van der Waals surface area contributed by atoms with Crippen molar-refractivity contribution in [2.24, 2.45) is 5.73 Å². The number of aliphatic carboxylic acids is 3. The molecule has 2 atom stereocenters. The lowest BCUT2D eigenvalue weighted by molar-refractivity contribution is -0.143. The number of carboxylic acid groups (broad SMARTS) is 3. The van der Waals surface area contributed by atoms with Gasteiger partial charge in [0, 0.05) is 12.8 Å². The second-order valence-electron chi connectivity index (χ2n) is 4.33. The second kappa shape index (κ2) is 9.15. The van der Waals surface area contributed by atoms with Gasteiger partial charge in [-0.15, -0.1) is 0 Å². The molecule has 3 amide bonds. The van der Waals surface area contributed by atoms with Crippen molar-refractivity contribution in [1.82, 2.24) is 10.6 Å². The summed E-state index contributed by atoms with van der Waals surface area (Å²) in [4.78, 5) is 54.5. The second-order valence-corrected chi connectivity index (χ2v) is 4.33. The van der Waals surface area contributed by atoms with E-state index in [1.807, 2.05) is 10.6 Å². The molecule has 0 saturated carbocycles. The molecule has 11 heteroatoms. The first-order valence-corrected chi connectivity index (χ1v) is 6.16. The Bertz CT molecular complexity index is 464. The van der Waals surface area contributed by atoms with Gasteiger partial charge in [-0.05, 0) is 12.8 Å². The van der Waals surface area contributed by atoms with E-state index in [0.717, 1.165) is 0 Å². The predicted octanol–water partition coefficient (Wildman–Crippen LogP) is -1.68. The molecule has 0 aromatic carbocycles. The minimum absolute atomic E-state index is 0.296. The highest BCUT2D eigenvalue weighted by Gasteiger charge is 2.26. The highest BCUT2D eigenvalue weighted by molar-refractivity contribution is 5.90. The first-order chi connectivity index (χ1) is 10.1. The van der Waals surface area contributed by atoms with E-state index in [0.29, 0.717) is 0 Å². The van der Waals surface area contributed by atoms with Gasteiger partial charge < -0.3 is 31.7 Å². The van der Waals surface area contributed by atoms with Crippen molar-refractivity contribution in [1.29, 1.82) is 0 Å². The standard InChI is InChI=1S/C11H17N3O8/c12-11(22)14-5(1-3-7(15)16)9(19)13-6(10(20)21)2-4-8(17)18/h5-6H,1-4H2,(H,13,19)(H,15,16)(H,17,18)(H,20,21)(H3,12,14,22)/t5-,6-/m0/s1. The fourth-order valence-corrected chi connectivity index (χ4v) is 1.51. The SMILES string of the molecule is NC(=O)N[C@@H](CCC(=O)O)C(=O)N[C@@H](CCC(=O)O)C(=O)O. The summed E-state index contributed by atoms with van der Waals surface area (Å²) in [5.74, 6) is -4.87. The molecule has 0 bridgehead atoms. The van der Waals surface area contributed by atoms with E-state index < -0.39 is 54.8 Å². The molecule has 0 unspecified atom stereocenters. The van der Waals surface area contributed by atoms with Crippen LogP contribution in [0.1, 0.15) is 25.7 Å². The largest absolute Gasteiger partial charge is 0.481 e. The number of nitrogens with one attached hydrogen (secondary N) is 2. The Kier molecular flexibility index (Phi) is 7.97. The zero-order valence-corrected chi connectivity index (χ0v) is 11.4. The molecule has 0 aromatic heterocycles. The van der Waals surface area contributed by atoms with E-state index in [1.54, 1.807) is 0 Å². The topological polar surface area (TPSA) is 196 Å². The van der Waals surface area contributed by atoms with Crippen LogP contribution in [0.15, 0.2) is 0 Å². The van der Waals surface area contributed by atoms with Crippen molar-refractivity contribution in [3.8, 4) is 0 Å². The van der Waals surface area contributed by atoms with Crippen LogP contribution >= 0.6 is 0 Å². The molecule has 0 heterocycles. The van der Waals surface area contributed by atoms with Crippen LogP contribution < -0.4 is 16.4 Å². The van der Waals surface area contributed by atoms with Crippen molar-refractivity contribution < 1.29 is 39.3 Å². The molecule has 0 rings (SSSR count). The van der Waals surface area contributed by atoms with Crippen molar-refractivity contribution in [3.05, 3.63) is 0 Å². The van der Waals surface area contributed by atoms with Gasteiger partial charge in [0.15, 0.2) is 0 Å². The van der Waals surface area contributed by atoms with Crippen LogP contribution in [0.2, 0.25) is 0 Å².